The molecular weight excluding hydrogens is 703 g/mol. The summed E-state index contributed by atoms with van der Waals surface area (Å²) in [7, 11) is -11.5. The summed E-state index contributed by atoms with van der Waals surface area (Å²) >= 11 is 0. The van der Waals surface area contributed by atoms with Crippen LogP contribution in [-0.2, 0) is 18.5 Å². The van der Waals surface area contributed by atoms with Crippen molar-refractivity contribution in [2.75, 3.05) is 17.3 Å². The Labute approximate surface area is 240 Å². The van der Waals surface area contributed by atoms with Gasteiger partial charge in [0, 0.05) is 17.9 Å². The van der Waals surface area contributed by atoms with Crippen molar-refractivity contribution in [2.45, 2.75) is 105 Å². The topological polar surface area (TPSA) is 60.4 Å². The van der Waals surface area contributed by atoms with E-state index in [0.717, 1.165) is 0 Å². The molecule has 0 spiro atoms. The lowest BCUT2D eigenvalue weighted by Crippen LogP contribution is -2.75. The Balaban J connectivity index is 3.58. The standard InChI is InChI=1S/C21H25F17O4S2/c1-2-3-4-6-9-13(39)12-43(10-7-5-8-11-43)42-44(40,41)21(37,38)19(32,33)17(28,29)15(24,25)14(22,23)16(26,27)18(30,31)20(34,35)36/h2-12H2,1H3. The maximum absolute atomic E-state index is 14.6. The van der Waals surface area contributed by atoms with Crippen LogP contribution in [0, 0.1) is 0 Å². The van der Waals surface area contributed by atoms with Gasteiger partial charge in [-0.1, -0.05) is 32.6 Å². The Kier molecular flexibility index (Phi) is 11.8. The lowest BCUT2D eigenvalue weighted by atomic mass is 9.91. The van der Waals surface area contributed by atoms with E-state index in [1.54, 1.807) is 6.92 Å². The molecule has 0 atom stereocenters. The molecule has 0 bridgehead atoms. The molecule has 1 aliphatic rings. The molecule has 1 rings (SSSR count). The quantitative estimate of drug-likeness (QED) is 0.118. The molecule has 0 aromatic rings. The summed E-state index contributed by atoms with van der Waals surface area (Å²) in [6, 6.07) is 0. The number of rotatable bonds is 16. The van der Waals surface area contributed by atoms with Crippen LogP contribution in [0.25, 0.3) is 0 Å². The third-order valence-corrected chi connectivity index (χ3v) is 12.2. The fraction of sp³-hybridized carbons (Fsp3) is 0.952. The fourth-order valence-electron chi connectivity index (χ4n) is 3.90. The Morgan fingerprint density at radius 3 is 1.43 bits per heavy atom. The highest BCUT2D eigenvalue weighted by molar-refractivity contribution is 8.33. The monoisotopic (exact) mass is 728 g/mol. The van der Waals surface area contributed by atoms with E-state index in [1.165, 1.54) is 0 Å². The third kappa shape index (κ3) is 6.73. The van der Waals surface area contributed by atoms with Crippen molar-refractivity contribution < 1.29 is 91.5 Å². The Bertz CT molecular complexity index is 1110. The van der Waals surface area contributed by atoms with Crippen molar-refractivity contribution >= 4 is 26.2 Å². The third-order valence-electron chi connectivity index (χ3n) is 6.51. The lowest BCUT2D eigenvalue weighted by molar-refractivity contribution is -0.458. The molecule has 0 N–H and O–H groups in total. The van der Waals surface area contributed by atoms with Gasteiger partial charge in [0.05, 0.1) is 5.75 Å². The molecule has 0 aliphatic carbocycles. The largest absolute Gasteiger partial charge is 0.460 e. The number of ketones is 1. The maximum Gasteiger partial charge on any atom is 0.460 e. The Hall–Kier alpha value is -1.26. The van der Waals surface area contributed by atoms with Crippen LogP contribution in [0.5, 0.6) is 0 Å². The van der Waals surface area contributed by atoms with E-state index in [0.29, 0.717) is 19.3 Å². The average molecular weight is 729 g/mol. The van der Waals surface area contributed by atoms with Gasteiger partial charge in [0.25, 0.3) is 0 Å². The normalized spacial score (nSPS) is 19.1. The number of Topliss-reactive ketones (excluding diaryl/α,β-unsaturated/α-hetero) is 1. The molecule has 0 saturated carbocycles. The predicted octanol–water partition coefficient (Wildman–Crippen LogP) is 8.74. The number of carbonyl (C=O) groups excluding carboxylic acids is 1. The zero-order valence-corrected chi connectivity index (χ0v) is 23.8. The minimum atomic E-state index is -8.91. The maximum atomic E-state index is 14.6. The second-order valence-corrected chi connectivity index (χ2v) is 14.9. The summed E-state index contributed by atoms with van der Waals surface area (Å²) in [6.45, 7) is 1.78. The van der Waals surface area contributed by atoms with Gasteiger partial charge in [-0.2, -0.15) is 83.1 Å². The minimum Gasteiger partial charge on any atom is -0.299 e. The van der Waals surface area contributed by atoms with Gasteiger partial charge in [-0.15, -0.1) is 10.3 Å². The number of hydrogen-bond donors (Lipinski definition) is 0. The van der Waals surface area contributed by atoms with Gasteiger partial charge in [-0.3, -0.25) is 4.79 Å². The molecular formula is C21H25F17O4S2. The molecule has 0 aromatic carbocycles. The molecule has 44 heavy (non-hydrogen) atoms. The summed E-state index contributed by atoms with van der Waals surface area (Å²) in [5.74, 6) is -55.2. The van der Waals surface area contributed by atoms with Gasteiger partial charge in [-0.05, 0) is 19.3 Å². The van der Waals surface area contributed by atoms with Crippen molar-refractivity contribution in [1.82, 2.24) is 0 Å². The van der Waals surface area contributed by atoms with Crippen LogP contribution in [0.4, 0.5) is 74.6 Å². The summed E-state index contributed by atoms with van der Waals surface area (Å²) in [5, 5.41) is -7.74. The van der Waals surface area contributed by atoms with Crippen LogP contribution in [0.2, 0.25) is 0 Å². The molecule has 1 saturated heterocycles. The van der Waals surface area contributed by atoms with E-state index in [1.807, 2.05) is 0 Å². The minimum absolute atomic E-state index is 0.112. The van der Waals surface area contributed by atoms with Crippen molar-refractivity contribution in [3.8, 4) is 0 Å². The summed E-state index contributed by atoms with van der Waals surface area (Å²) in [6.07, 6.45) is -6.28. The lowest BCUT2D eigenvalue weighted by Gasteiger charge is -2.44. The first-order valence-electron chi connectivity index (χ1n) is 12.3. The van der Waals surface area contributed by atoms with E-state index in [-0.39, 0.29) is 32.1 Å². The van der Waals surface area contributed by atoms with Crippen LogP contribution < -0.4 is 0 Å². The summed E-state index contributed by atoms with van der Waals surface area (Å²) in [4.78, 5) is 12.4. The van der Waals surface area contributed by atoms with E-state index < -0.39 is 90.4 Å². The molecule has 4 nitrogen and oxygen atoms in total. The summed E-state index contributed by atoms with van der Waals surface area (Å²) < 4.78 is 259. The van der Waals surface area contributed by atoms with E-state index >= 15 is 0 Å². The highest BCUT2D eigenvalue weighted by Gasteiger charge is 2.96. The number of unbranched alkanes of at least 4 members (excludes halogenated alkanes) is 3. The van der Waals surface area contributed by atoms with Crippen LogP contribution in [0.1, 0.15) is 58.3 Å². The van der Waals surface area contributed by atoms with Crippen molar-refractivity contribution in [2.24, 2.45) is 0 Å². The van der Waals surface area contributed by atoms with Crippen LogP contribution >= 0.6 is 10.3 Å². The van der Waals surface area contributed by atoms with Gasteiger partial charge in [0.2, 0.25) is 0 Å². The first kappa shape index (κ1) is 40.8. The van der Waals surface area contributed by atoms with Gasteiger partial charge in [0.1, 0.15) is 5.78 Å². The smallest absolute Gasteiger partial charge is 0.299 e. The molecule has 1 heterocycles. The second-order valence-electron chi connectivity index (χ2n) is 9.91. The molecule has 23 heteroatoms. The number of halogens is 17. The first-order valence-corrected chi connectivity index (χ1v) is 15.8. The molecule has 0 amide bonds. The SMILES string of the molecule is CCCCCCC(=O)CS1(OS(=O)(=O)C(F)(F)C(F)(F)C(F)(F)C(F)(F)C(F)(F)C(F)(F)C(F)(F)C(F)(F)F)CCCCC1. The second kappa shape index (κ2) is 12.7. The Morgan fingerprint density at radius 1 is 0.614 bits per heavy atom. The van der Waals surface area contributed by atoms with E-state index in [2.05, 4.69) is 3.63 Å². The van der Waals surface area contributed by atoms with Crippen molar-refractivity contribution in [1.29, 1.82) is 0 Å². The van der Waals surface area contributed by atoms with Gasteiger partial charge < -0.3 is 0 Å². The van der Waals surface area contributed by atoms with Gasteiger partial charge in [0.15, 0.2) is 0 Å². The predicted molar refractivity (Wildman–Crippen MR) is 120 cm³/mol. The highest BCUT2D eigenvalue weighted by Crippen LogP contribution is 2.65. The fourth-order valence-corrected chi connectivity index (χ4v) is 9.62. The molecule has 1 fully saturated rings. The van der Waals surface area contributed by atoms with Gasteiger partial charge in [-0.25, -0.2) is 3.63 Å². The number of carbonyl (C=O) groups is 1. The zero-order chi connectivity index (χ0) is 35.1. The van der Waals surface area contributed by atoms with E-state index in [4.69, 9.17) is 0 Å². The van der Waals surface area contributed by atoms with Crippen LogP contribution in [0.3, 0.4) is 0 Å². The van der Waals surface area contributed by atoms with Crippen molar-refractivity contribution in [3.63, 3.8) is 0 Å². The Morgan fingerprint density at radius 2 is 1.02 bits per heavy atom. The van der Waals surface area contributed by atoms with Crippen LogP contribution in [0.15, 0.2) is 0 Å². The average Bonchev–Trinajstić information content (AvgIpc) is 2.85. The molecule has 0 unspecified atom stereocenters. The molecule has 0 radical (unpaired) electrons. The molecule has 264 valence electrons. The number of hydrogen-bond acceptors (Lipinski definition) is 4. The first-order chi connectivity index (χ1) is 19.4. The van der Waals surface area contributed by atoms with Gasteiger partial charge >= 0.3 is 57.1 Å². The zero-order valence-electron chi connectivity index (χ0n) is 22.2. The van der Waals surface area contributed by atoms with E-state index in [9.17, 15) is 87.8 Å². The highest BCUT2D eigenvalue weighted by atomic mass is 32.3. The van der Waals surface area contributed by atoms with Crippen molar-refractivity contribution in [3.05, 3.63) is 0 Å². The van der Waals surface area contributed by atoms with Crippen LogP contribution in [-0.4, -0.2) is 78.4 Å². The molecule has 1 aliphatic heterocycles. The molecule has 0 aromatic heterocycles. The number of alkyl halides is 17. The summed E-state index contributed by atoms with van der Waals surface area (Å²) in [5.41, 5.74) is 0.